The molecular formula is C26H30N4O7. The number of alkyl carbamates (subject to hydrolysis) is 1. The van der Waals surface area contributed by atoms with Gasteiger partial charge in [-0.3, -0.25) is 25.1 Å². The van der Waals surface area contributed by atoms with Crippen molar-refractivity contribution in [3.8, 4) is 5.75 Å². The van der Waals surface area contributed by atoms with Crippen molar-refractivity contribution in [2.45, 2.75) is 19.4 Å². The minimum absolute atomic E-state index is 0.0516. The van der Waals surface area contributed by atoms with E-state index in [1.165, 1.54) is 16.9 Å². The molecule has 1 aliphatic heterocycles. The van der Waals surface area contributed by atoms with Crippen LogP contribution < -0.4 is 10.1 Å². The van der Waals surface area contributed by atoms with E-state index in [0.717, 1.165) is 5.56 Å². The monoisotopic (exact) mass is 510 g/mol. The Kier molecular flexibility index (Phi) is 10.0. The van der Waals surface area contributed by atoms with Crippen LogP contribution in [-0.4, -0.2) is 79.4 Å². The highest BCUT2D eigenvalue weighted by Crippen LogP contribution is 2.13. The van der Waals surface area contributed by atoms with Gasteiger partial charge in [-0.25, -0.2) is 4.79 Å². The Labute approximate surface area is 214 Å². The Balaban J connectivity index is 1.35. The topological polar surface area (TPSA) is 138 Å². The van der Waals surface area contributed by atoms with Crippen LogP contribution in [-0.2, 0) is 30.5 Å². The molecule has 1 fully saturated rings. The number of carbonyl (C=O) groups excluding carboxylic acids is 4. The van der Waals surface area contributed by atoms with E-state index < -0.39 is 23.9 Å². The van der Waals surface area contributed by atoms with E-state index in [1.807, 2.05) is 30.3 Å². The third-order valence-electron chi connectivity index (χ3n) is 5.63. The van der Waals surface area contributed by atoms with Gasteiger partial charge in [-0.15, -0.1) is 0 Å². The van der Waals surface area contributed by atoms with Crippen LogP contribution in [0, 0.1) is 5.41 Å². The average molecular weight is 511 g/mol. The van der Waals surface area contributed by atoms with E-state index in [0.29, 0.717) is 44.0 Å². The molecule has 2 N–H and O–H groups in total. The van der Waals surface area contributed by atoms with Crippen LogP contribution in [0.1, 0.15) is 24.0 Å². The predicted molar refractivity (Wildman–Crippen MR) is 133 cm³/mol. The fourth-order valence-electron chi connectivity index (χ4n) is 3.57. The van der Waals surface area contributed by atoms with Gasteiger partial charge in [-0.05, 0) is 36.2 Å². The summed E-state index contributed by atoms with van der Waals surface area (Å²) < 4.78 is 15.4. The summed E-state index contributed by atoms with van der Waals surface area (Å²) in [4.78, 5) is 50.6. The van der Waals surface area contributed by atoms with Crippen LogP contribution in [0.5, 0.6) is 5.75 Å². The Hall–Kier alpha value is -4.41. The van der Waals surface area contributed by atoms with Gasteiger partial charge in [-0.2, -0.15) is 0 Å². The molecule has 0 aromatic heterocycles. The minimum Gasteiger partial charge on any atom is -0.494 e. The van der Waals surface area contributed by atoms with Crippen molar-refractivity contribution in [1.82, 2.24) is 15.1 Å². The number of carbonyl (C=O) groups is 4. The maximum atomic E-state index is 12.3. The molecular weight excluding hydrogens is 480 g/mol. The molecule has 1 heterocycles. The molecule has 3 rings (SSSR count). The molecule has 0 atom stereocenters. The van der Waals surface area contributed by atoms with Gasteiger partial charge in [0.05, 0.1) is 20.1 Å². The summed E-state index contributed by atoms with van der Waals surface area (Å²) in [7, 11) is 1.28. The van der Waals surface area contributed by atoms with Crippen molar-refractivity contribution in [3.63, 3.8) is 0 Å². The van der Waals surface area contributed by atoms with E-state index in [2.05, 4.69) is 10.1 Å². The molecule has 0 spiro atoms. The highest BCUT2D eigenvalue weighted by Gasteiger charge is 2.32. The molecule has 11 nitrogen and oxygen atoms in total. The number of methoxy groups -OCH3 is 1. The number of esters is 1. The first-order chi connectivity index (χ1) is 17.9. The second kappa shape index (κ2) is 13.6. The number of amidine groups is 1. The number of nitrogens with zero attached hydrogens (tertiary/aromatic N) is 2. The van der Waals surface area contributed by atoms with Gasteiger partial charge in [0, 0.05) is 31.7 Å². The molecule has 1 saturated heterocycles. The highest BCUT2D eigenvalue weighted by atomic mass is 16.5. The normalized spacial score (nSPS) is 13.2. The van der Waals surface area contributed by atoms with Crippen molar-refractivity contribution in [3.05, 3.63) is 65.7 Å². The van der Waals surface area contributed by atoms with Gasteiger partial charge in [0.2, 0.25) is 0 Å². The molecule has 0 unspecified atom stereocenters. The van der Waals surface area contributed by atoms with Gasteiger partial charge >= 0.3 is 23.9 Å². The number of piperazine rings is 1. The summed E-state index contributed by atoms with van der Waals surface area (Å²) in [5.74, 6) is -1.17. The van der Waals surface area contributed by atoms with Crippen molar-refractivity contribution in [2.75, 3.05) is 39.9 Å². The number of ether oxygens (including phenoxy) is 3. The first kappa shape index (κ1) is 27.2. The molecule has 0 saturated carbocycles. The summed E-state index contributed by atoms with van der Waals surface area (Å²) in [6, 6.07) is 15.9. The standard InChI is InChI=1S/C26H30N4O7/c1-35-22(31)12-14-30-16-15-29(24(32)25(30)33)13-5-17-36-21-10-8-20(9-11-21)23(27)28-26(34)37-18-19-6-3-2-4-7-19/h2-4,6-11H,5,12-18H2,1H3,(H2,27,28,34). The second-order valence-corrected chi connectivity index (χ2v) is 8.20. The second-order valence-electron chi connectivity index (χ2n) is 8.20. The minimum atomic E-state index is -0.716. The van der Waals surface area contributed by atoms with Crippen molar-refractivity contribution < 1.29 is 33.4 Å². The smallest absolute Gasteiger partial charge is 0.413 e. The summed E-state index contributed by atoms with van der Waals surface area (Å²) in [5.41, 5.74) is 1.33. The Bertz CT molecular complexity index is 1110. The summed E-state index contributed by atoms with van der Waals surface area (Å²) >= 11 is 0. The Morgan fingerprint density at radius 1 is 0.946 bits per heavy atom. The first-order valence-corrected chi connectivity index (χ1v) is 11.8. The zero-order valence-corrected chi connectivity index (χ0v) is 20.6. The van der Waals surface area contributed by atoms with E-state index in [9.17, 15) is 19.2 Å². The van der Waals surface area contributed by atoms with Crippen molar-refractivity contribution >= 4 is 29.7 Å². The number of hydrogen-bond acceptors (Lipinski definition) is 8. The number of benzene rings is 2. The lowest BCUT2D eigenvalue weighted by atomic mass is 10.2. The molecule has 2 aromatic rings. The summed E-state index contributed by atoms with van der Waals surface area (Å²) in [6.45, 7) is 1.72. The van der Waals surface area contributed by atoms with Crippen LogP contribution in [0.15, 0.2) is 54.6 Å². The lowest BCUT2D eigenvalue weighted by molar-refractivity contribution is -0.156. The van der Waals surface area contributed by atoms with Gasteiger partial charge < -0.3 is 24.0 Å². The maximum absolute atomic E-state index is 12.3. The number of hydrogen-bond donors (Lipinski definition) is 2. The number of rotatable bonds is 11. The Morgan fingerprint density at radius 2 is 1.59 bits per heavy atom. The van der Waals surface area contributed by atoms with Crippen LogP contribution in [0.4, 0.5) is 4.79 Å². The third-order valence-corrected chi connectivity index (χ3v) is 5.63. The SMILES string of the molecule is COC(=O)CCN1CCN(CCCOc2ccc(C(=N)NC(=O)OCc3ccccc3)cc2)C(=O)C1=O. The molecule has 3 amide bonds. The molecule has 0 bridgehead atoms. The average Bonchev–Trinajstić information content (AvgIpc) is 2.92. The Morgan fingerprint density at radius 3 is 2.24 bits per heavy atom. The molecule has 1 aliphatic rings. The van der Waals surface area contributed by atoms with E-state index >= 15 is 0 Å². The number of nitrogens with one attached hydrogen (secondary N) is 2. The fourth-order valence-corrected chi connectivity index (χ4v) is 3.57. The lowest BCUT2D eigenvalue weighted by Crippen LogP contribution is -2.54. The summed E-state index contributed by atoms with van der Waals surface area (Å²) in [5, 5.41) is 10.4. The summed E-state index contributed by atoms with van der Waals surface area (Å²) in [6.07, 6.45) is -0.143. The van der Waals surface area contributed by atoms with Crippen LogP contribution in [0.3, 0.4) is 0 Å². The molecule has 0 radical (unpaired) electrons. The van der Waals surface area contributed by atoms with Crippen molar-refractivity contribution in [2.24, 2.45) is 0 Å². The first-order valence-electron chi connectivity index (χ1n) is 11.8. The lowest BCUT2D eigenvalue weighted by Gasteiger charge is -2.33. The molecule has 0 aliphatic carbocycles. The fraction of sp³-hybridized carbons (Fsp3) is 0.346. The molecule has 2 aromatic carbocycles. The molecule has 37 heavy (non-hydrogen) atoms. The van der Waals surface area contributed by atoms with Gasteiger partial charge in [0.25, 0.3) is 0 Å². The third kappa shape index (κ3) is 8.34. The quantitative estimate of drug-likeness (QED) is 0.155. The zero-order chi connectivity index (χ0) is 26.6. The van der Waals surface area contributed by atoms with Gasteiger partial charge in [-0.1, -0.05) is 30.3 Å². The maximum Gasteiger partial charge on any atom is 0.413 e. The van der Waals surface area contributed by atoms with Crippen LogP contribution in [0.25, 0.3) is 0 Å². The molecule has 196 valence electrons. The largest absolute Gasteiger partial charge is 0.494 e. The van der Waals surface area contributed by atoms with Crippen LogP contribution >= 0.6 is 0 Å². The van der Waals surface area contributed by atoms with Gasteiger partial charge in [0.1, 0.15) is 18.2 Å². The van der Waals surface area contributed by atoms with Crippen molar-refractivity contribution in [1.29, 1.82) is 5.41 Å². The van der Waals surface area contributed by atoms with E-state index in [1.54, 1.807) is 24.3 Å². The van der Waals surface area contributed by atoms with E-state index in [4.69, 9.17) is 14.9 Å². The predicted octanol–water partition coefficient (Wildman–Crippen LogP) is 1.94. The highest BCUT2D eigenvalue weighted by molar-refractivity contribution is 6.35. The molecule has 11 heteroatoms. The number of amides is 3. The zero-order valence-electron chi connectivity index (χ0n) is 20.6. The van der Waals surface area contributed by atoms with E-state index in [-0.39, 0.29) is 25.4 Å². The van der Waals surface area contributed by atoms with Gasteiger partial charge in [0.15, 0.2) is 0 Å². The van der Waals surface area contributed by atoms with Crippen LogP contribution in [0.2, 0.25) is 0 Å².